The van der Waals surface area contributed by atoms with Crippen LogP contribution < -0.4 is 0 Å². The Kier molecular flexibility index (Phi) is 25.7. The van der Waals surface area contributed by atoms with Gasteiger partial charge in [0.05, 0.1) is 20.6 Å². The fourth-order valence-corrected chi connectivity index (χ4v) is 21.0. The number of amides is 2. The molecule has 5 nitrogen and oxygen atoms in total. The number of carbonyl (C=O) groups is 2. The van der Waals surface area contributed by atoms with Crippen molar-refractivity contribution in [2.24, 2.45) is 17.8 Å². The molecule has 4 atom stereocenters. The van der Waals surface area contributed by atoms with E-state index in [1.165, 1.54) is 117 Å². The van der Waals surface area contributed by atoms with Gasteiger partial charge in [0.25, 0.3) is 11.8 Å². The van der Waals surface area contributed by atoms with Gasteiger partial charge in [-0.15, -0.1) is 45.3 Å². The molecule has 0 saturated heterocycles. The molecule has 0 radical (unpaired) electrons. The van der Waals surface area contributed by atoms with Crippen molar-refractivity contribution in [3.63, 3.8) is 0 Å². The van der Waals surface area contributed by atoms with Gasteiger partial charge in [-0.2, -0.15) is 0 Å². The highest BCUT2D eigenvalue weighted by molar-refractivity contribution is 7.28. The molecular weight excluding hydrogens is 1230 g/mol. The van der Waals surface area contributed by atoms with Crippen molar-refractivity contribution in [3.05, 3.63) is 151 Å². The Bertz CT molecular complexity index is 3800. The standard InChI is InChI=1S/C85H111NO4S4/c1-12-20-23-24-27-36-52-86-82(87)75-74-79(93-80(75)83(86)88)78(94-81(74)84(11,62-42-31-28-32-43-62)57-61(37-15-4)38-16-5)68-55-66-72(69-48-46-64(91-69)53-59(18-7)40-21-13-2)77-67(73(76(66)89-68)70-49-47-65(92-70)54-60(19-8)41-22-14-3)56-71(90-77)85(50-17-6,63-44-33-29-34-45-63)51-35-26-25-30-39-58(9)10/h28-29,31-34,39,42-49,55-56,59-61H,12-27,30,35-38,40-41,50-54,57H2,1-11H3. The first-order valence-corrected chi connectivity index (χ1v) is 40.5. The molecule has 7 heterocycles. The lowest BCUT2D eigenvalue weighted by Crippen LogP contribution is -2.31. The van der Waals surface area contributed by atoms with Crippen molar-refractivity contribution in [3.8, 4) is 31.5 Å². The van der Waals surface area contributed by atoms with E-state index >= 15 is 9.59 Å². The zero-order valence-corrected chi connectivity index (χ0v) is 62.5. The van der Waals surface area contributed by atoms with E-state index in [1.807, 2.05) is 34.0 Å². The maximum atomic E-state index is 15.4. The van der Waals surface area contributed by atoms with Crippen LogP contribution >= 0.6 is 45.3 Å². The monoisotopic (exact) mass is 1340 g/mol. The van der Waals surface area contributed by atoms with Crippen molar-refractivity contribution < 1.29 is 18.4 Å². The maximum absolute atomic E-state index is 15.4. The van der Waals surface area contributed by atoms with E-state index in [9.17, 15) is 0 Å². The van der Waals surface area contributed by atoms with Gasteiger partial charge in [-0.3, -0.25) is 14.5 Å². The minimum Gasteiger partial charge on any atom is -0.459 e. The Labute approximate surface area is 581 Å². The predicted molar refractivity (Wildman–Crippen MR) is 410 cm³/mol. The number of thiophene rings is 4. The minimum atomic E-state index is -0.474. The normalized spacial score (nSPS) is 14.7. The van der Waals surface area contributed by atoms with Gasteiger partial charge in [0.2, 0.25) is 0 Å². The van der Waals surface area contributed by atoms with Crippen LogP contribution in [0.15, 0.2) is 118 Å². The summed E-state index contributed by atoms with van der Waals surface area (Å²) in [5, 5.41) is 3.12. The van der Waals surface area contributed by atoms with Crippen molar-refractivity contribution in [2.45, 2.75) is 267 Å². The van der Waals surface area contributed by atoms with Crippen LogP contribution in [-0.2, 0) is 23.7 Å². The number of furan rings is 2. The average molecular weight is 1340 g/mol. The fraction of sp³-hybridized carbons (Fsp3) is 0.529. The van der Waals surface area contributed by atoms with Crippen LogP contribution in [0.2, 0.25) is 0 Å². The van der Waals surface area contributed by atoms with E-state index in [2.05, 4.69) is 179 Å². The number of allylic oxidation sites excluding steroid dienone is 2. The molecule has 0 N–H and O–H groups in total. The first-order valence-electron chi connectivity index (χ1n) is 37.2. The van der Waals surface area contributed by atoms with Crippen LogP contribution in [0, 0.1) is 17.8 Å². The van der Waals surface area contributed by atoms with Crippen LogP contribution in [0.5, 0.6) is 0 Å². The SMILES string of the molecule is CCCCCCCCN1C(=O)c2sc3c(-c4cc5c(-c6ccc(CC(CC)CCCC)s6)c6oc(C(CCC)(CCCCCC=C(C)C)c7ccccc7)cc6c(-c6ccc(CC(CC)CCCC)s6)c5o4)sc(C(C)(CC(CCC)CCC)c4ccccc4)c3c2C1=O. The van der Waals surface area contributed by atoms with E-state index in [0.29, 0.717) is 34.7 Å². The number of rotatable bonds is 40. The number of carbonyl (C=O) groups excluding carboxylic acids is 2. The van der Waals surface area contributed by atoms with Crippen molar-refractivity contribution in [1.29, 1.82) is 0 Å². The molecule has 6 aromatic heterocycles. The van der Waals surface area contributed by atoms with Gasteiger partial charge < -0.3 is 8.83 Å². The molecule has 94 heavy (non-hydrogen) atoms. The lowest BCUT2D eigenvalue weighted by molar-refractivity contribution is 0.0653. The molecule has 0 bridgehead atoms. The Hall–Kier alpha value is -5.32. The molecule has 9 heteroatoms. The van der Waals surface area contributed by atoms with Gasteiger partial charge in [-0.1, -0.05) is 263 Å². The third-order valence-electron chi connectivity index (χ3n) is 21.1. The summed E-state index contributed by atoms with van der Waals surface area (Å²) < 4.78 is 16.9. The lowest BCUT2D eigenvalue weighted by Gasteiger charge is -2.34. The van der Waals surface area contributed by atoms with Gasteiger partial charge in [0.15, 0.2) is 0 Å². The number of hydrogen-bond acceptors (Lipinski definition) is 8. The Morgan fingerprint density at radius 2 is 1.10 bits per heavy atom. The zero-order chi connectivity index (χ0) is 66.4. The van der Waals surface area contributed by atoms with Crippen molar-refractivity contribution in [2.75, 3.05) is 6.54 Å². The van der Waals surface area contributed by atoms with Crippen molar-refractivity contribution >= 4 is 89.2 Å². The summed E-state index contributed by atoms with van der Waals surface area (Å²) in [4.78, 5) is 40.0. The number of hydrogen-bond donors (Lipinski definition) is 0. The Morgan fingerprint density at radius 3 is 1.68 bits per heavy atom. The largest absolute Gasteiger partial charge is 0.459 e. The second-order valence-electron chi connectivity index (χ2n) is 28.5. The molecule has 0 aliphatic carbocycles. The summed E-state index contributed by atoms with van der Waals surface area (Å²) in [5.74, 6) is 3.28. The minimum absolute atomic E-state index is 0.134. The fourth-order valence-electron chi connectivity index (χ4n) is 15.8. The molecule has 4 unspecified atom stereocenters. The number of benzene rings is 3. The van der Waals surface area contributed by atoms with Gasteiger partial charge >= 0.3 is 0 Å². The van der Waals surface area contributed by atoms with Crippen LogP contribution in [0.4, 0.5) is 0 Å². The summed E-state index contributed by atoms with van der Waals surface area (Å²) >= 11 is 7.22. The molecule has 0 fully saturated rings. The molecule has 9 aromatic rings. The number of nitrogens with zero attached hydrogens (tertiary/aromatic N) is 1. The van der Waals surface area contributed by atoms with Gasteiger partial charge in [-0.05, 0) is 130 Å². The highest BCUT2D eigenvalue weighted by Crippen LogP contribution is 2.58. The van der Waals surface area contributed by atoms with Crippen LogP contribution in [0.25, 0.3) is 63.5 Å². The van der Waals surface area contributed by atoms with Crippen LogP contribution in [0.1, 0.15) is 295 Å². The van der Waals surface area contributed by atoms with E-state index in [4.69, 9.17) is 8.83 Å². The average Bonchev–Trinajstić information content (AvgIpc) is 1.54. The Balaban J connectivity index is 1.26. The molecule has 1 aliphatic heterocycles. The highest BCUT2D eigenvalue weighted by Gasteiger charge is 2.46. The molecule has 0 spiro atoms. The maximum Gasteiger partial charge on any atom is 0.271 e. The van der Waals surface area contributed by atoms with Crippen molar-refractivity contribution in [1.82, 2.24) is 4.90 Å². The topological polar surface area (TPSA) is 63.7 Å². The van der Waals surface area contributed by atoms with E-state index in [-0.39, 0.29) is 17.2 Å². The molecule has 10 rings (SSSR count). The molecule has 0 saturated carbocycles. The van der Waals surface area contributed by atoms with E-state index in [0.717, 1.165) is 175 Å². The van der Waals surface area contributed by atoms with Gasteiger partial charge in [0, 0.05) is 63.6 Å². The molecule has 3 aromatic carbocycles. The van der Waals surface area contributed by atoms with Crippen LogP contribution in [-0.4, -0.2) is 23.3 Å². The summed E-state index contributed by atoms with van der Waals surface area (Å²) in [5.41, 5.74) is 7.74. The highest BCUT2D eigenvalue weighted by atomic mass is 32.1. The van der Waals surface area contributed by atoms with Gasteiger partial charge in [-0.25, -0.2) is 0 Å². The number of fused-ring (bicyclic) bond motifs is 5. The third kappa shape index (κ3) is 15.6. The van der Waals surface area contributed by atoms with Gasteiger partial charge in [0.1, 0.15) is 27.6 Å². The Morgan fingerprint density at radius 1 is 0.521 bits per heavy atom. The zero-order valence-electron chi connectivity index (χ0n) is 59.3. The second-order valence-corrected chi connectivity index (χ2v) is 32.8. The number of unbranched alkanes of at least 4 members (excludes halogenated alkanes) is 10. The van der Waals surface area contributed by atoms with E-state index in [1.54, 1.807) is 4.90 Å². The summed E-state index contributed by atoms with van der Waals surface area (Å²) in [6, 6.07) is 36.8. The summed E-state index contributed by atoms with van der Waals surface area (Å²) in [7, 11) is 0. The first kappa shape index (κ1) is 71.5. The quantitative estimate of drug-likeness (QED) is 0.0218. The molecule has 504 valence electrons. The molecule has 1 aliphatic rings. The first-order chi connectivity index (χ1) is 45.8. The predicted octanol–water partition coefficient (Wildman–Crippen LogP) is 28.0. The molecular formula is C85H111NO4S4. The third-order valence-corrected chi connectivity index (χ3v) is 26.1. The lowest BCUT2D eigenvalue weighted by atomic mass is 9.71. The smallest absolute Gasteiger partial charge is 0.271 e. The van der Waals surface area contributed by atoms with Crippen LogP contribution in [0.3, 0.4) is 0 Å². The summed E-state index contributed by atoms with van der Waals surface area (Å²) in [6.45, 7) is 25.9. The second kappa shape index (κ2) is 33.8. The van der Waals surface area contributed by atoms with E-state index < -0.39 is 5.41 Å². The number of imide groups is 1. The summed E-state index contributed by atoms with van der Waals surface area (Å²) in [6.07, 6.45) is 33.7. The molecule has 2 amide bonds.